The number of thiophene rings is 1. The van der Waals surface area contributed by atoms with Gasteiger partial charge >= 0.3 is 0 Å². The molecule has 0 spiro atoms. The minimum atomic E-state index is -3.69. The van der Waals surface area contributed by atoms with Gasteiger partial charge in [-0.1, -0.05) is 49.4 Å². The lowest BCUT2D eigenvalue weighted by molar-refractivity contribution is 0.0952. The predicted octanol–water partition coefficient (Wildman–Crippen LogP) is 4.15. The Hall–Kier alpha value is -2.48. The van der Waals surface area contributed by atoms with Crippen LogP contribution < -0.4 is 10.0 Å². The predicted molar refractivity (Wildman–Crippen MR) is 117 cm³/mol. The molecule has 1 unspecified atom stereocenters. The Bertz CT molecular complexity index is 1030. The van der Waals surface area contributed by atoms with Crippen LogP contribution in [-0.2, 0) is 16.6 Å². The summed E-state index contributed by atoms with van der Waals surface area (Å²) in [5.41, 5.74) is 1.56. The molecule has 3 aromatic rings. The first-order valence-electron chi connectivity index (χ1n) is 9.41. The van der Waals surface area contributed by atoms with Gasteiger partial charge in [0, 0.05) is 23.5 Å². The second-order valence-electron chi connectivity index (χ2n) is 6.79. The van der Waals surface area contributed by atoms with Crippen molar-refractivity contribution in [2.24, 2.45) is 0 Å². The van der Waals surface area contributed by atoms with Crippen LogP contribution in [0, 0.1) is 0 Å². The van der Waals surface area contributed by atoms with E-state index in [0.717, 1.165) is 11.3 Å². The Morgan fingerprint density at radius 2 is 1.83 bits per heavy atom. The van der Waals surface area contributed by atoms with E-state index < -0.39 is 10.0 Å². The number of carbonyl (C=O) groups excluding carboxylic acids is 1. The molecule has 29 heavy (non-hydrogen) atoms. The number of sulfonamides is 1. The fourth-order valence-corrected chi connectivity index (χ4v) is 4.71. The highest BCUT2D eigenvalue weighted by Crippen LogP contribution is 2.18. The van der Waals surface area contributed by atoms with Crippen LogP contribution >= 0.6 is 11.3 Å². The number of benzene rings is 2. The Morgan fingerprint density at radius 3 is 2.55 bits per heavy atom. The van der Waals surface area contributed by atoms with Crippen LogP contribution in [0.5, 0.6) is 0 Å². The highest BCUT2D eigenvalue weighted by Gasteiger charge is 2.16. The van der Waals surface area contributed by atoms with Gasteiger partial charge in [-0.3, -0.25) is 4.79 Å². The van der Waals surface area contributed by atoms with Crippen molar-refractivity contribution in [1.82, 2.24) is 10.0 Å². The average Bonchev–Trinajstić information content (AvgIpc) is 3.27. The van der Waals surface area contributed by atoms with E-state index in [2.05, 4.69) is 29.1 Å². The average molecular weight is 429 g/mol. The zero-order valence-electron chi connectivity index (χ0n) is 16.2. The molecule has 7 heteroatoms. The van der Waals surface area contributed by atoms with Crippen molar-refractivity contribution < 1.29 is 13.2 Å². The van der Waals surface area contributed by atoms with Crippen LogP contribution in [0.2, 0.25) is 0 Å². The molecule has 2 N–H and O–H groups in total. The Labute approximate surface area is 175 Å². The highest BCUT2D eigenvalue weighted by molar-refractivity contribution is 7.89. The Kier molecular flexibility index (Phi) is 7.19. The molecule has 0 aliphatic rings. The summed E-state index contributed by atoms with van der Waals surface area (Å²) in [5.74, 6) is 0.0465. The summed E-state index contributed by atoms with van der Waals surface area (Å²) in [6.45, 7) is 2.87. The van der Waals surface area contributed by atoms with Crippen LogP contribution in [-0.4, -0.2) is 20.9 Å². The number of rotatable bonds is 9. The molecule has 0 bridgehead atoms. The van der Waals surface area contributed by atoms with Crippen molar-refractivity contribution in [2.75, 3.05) is 6.54 Å². The van der Waals surface area contributed by atoms with Gasteiger partial charge in [-0.15, -0.1) is 11.3 Å². The smallest absolute Gasteiger partial charge is 0.251 e. The van der Waals surface area contributed by atoms with Gasteiger partial charge in [-0.05, 0) is 47.5 Å². The molecular formula is C22H24N2O3S2. The fraction of sp³-hybridized carbons (Fsp3) is 0.227. The van der Waals surface area contributed by atoms with Gasteiger partial charge < -0.3 is 5.32 Å². The van der Waals surface area contributed by atoms with Gasteiger partial charge in [0.15, 0.2) is 0 Å². The largest absolute Gasteiger partial charge is 0.352 e. The summed E-state index contributed by atoms with van der Waals surface area (Å²) < 4.78 is 27.6. The SMILES string of the molecule is CC(CCNC(=O)c1cccc(S(=O)(=O)NCc2cccs2)c1)c1ccccc1. The zero-order valence-corrected chi connectivity index (χ0v) is 17.8. The van der Waals surface area contributed by atoms with Crippen molar-refractivity contribution in [2.45, 2.75) is 30.7 Å². The van der Waals surface area contributed by atoms with Gasteiger partial charge in [-0.2, -0.15) is 0 Å². The van der Waals surface area contributed by atoms with E-state index in [4.69, 9.17) is 0 Å². The van der Waals surface area contributed by atoms with Crippen LogP contribution in [0.3, 0.4) is 0 Å². The number of amides is 1. The third-order valence-electron chi connectivity index (χ3n) is 4.65. The van der Waals surface area contributed by atoms with E-state index in [0.29, 0.717) is 18.0 Å². The van der Waals surface area contributed by atoms with E-state index in [-0.39, 0.29) is 17.3 Å². The number of hydrogen-bond donors (Lipinski definition) is 2. The number of nitrogens with one attached hydrogen (secondary N) is 2. The maximum atomic E-state index is 12.5. The Morgan fingerprint density at radius 1 is 1.03 bits per heavy atom. The first-order chi connectivity index (χ1) is 14.0. The van der Waals surface area contributed by atoms with E-state index >= 15 is 0 Å². The van der Waals surface area contributed by atoms with Crippen molar-refractivity contribution in [1.29, 1.82) is 0 Å². The summed E-state index contributed by atoms with van der Waals surface area (Å²) in [6, 6.07) is 20.0. The molecule has 1 atom stereocenters. The van der Waals surface area contributed by atoms with Crippen molar-refractivity contribution in [3.63, 3.8) is 0 Å². The third kappa shape index (κ3) is 6.00. The molecule has 3 rings (SSSR count). The molecular weight excluding hydrogens is 404 g/mol. The van der Waals surface area contributed by atoms with Gasteiger partial charge in [0.25, 0.3) is 5.91 Å². The highest BCUT2D eigenvalue weighted by atomic mass is 32.2. The second kappa shape index (κ2) is 9.82. The van der Waals surface area contributed by atoms with Gasteiger partial charge in [0.1, 0.15) is 0 Å². The lowest BCUT2D eigenvalue weighted by atomic mass is 9.98. The maximum Gasteiger partial charge on any atom is 0.251 e. The monoisotopic (exact) mass is 428 g/mol. The van der Waals surface area contributed by atoms with Crippen LogP contribution in [0.15, 0.2) is 77.0 Å². The molecule has 5 nitrogen and oxygen atoms in total. The molecule has 1 amide bonds. The summed E-state index contributed by atoms with van der Waals surface area (Å²) >= 11 is 1.49. The van der Waals surface area contributed by atoms with Crippen LogP contribution in [0.1, 0.15) is 40.1 Å². The van der Waals surface area contributed by atoms with Crippen molar-refractivity contribution in [3.8, 4) is 0 Å². The molecule has 0 fully saturated rings. The Balaban J connectivity index is 1.57. The molecule has 1 heterocycles. The third-order valence-corrected chi connectivity index (χ3v) is 6.93. The molecule has 0 saturated heterocycles. The van der Waals surface area contributed by atoms with Crippen molar-refractivity contribution in [3.05, 3.63) is 88.1 Å². The summed E-state index contributed by atoms with van der Waals surface area (Å²) in [6.07, 6.45) is 0.802. The van der Waals surface area contributed by atoms with E-state index in [1.54, 1.807) is 12.1 Å². The standard InChI is InChI=1S/C22H24N2O3S2/c1-17(18-7-3-2-4-8-18)12-13-23-22(25)19-9-5-11-21(15-19)29(26,27)24-16-20-10-6-14-28-20/h2-11,14-15,17,24H,12-13,16H2,1H3,(H,23,25). The lowest BCUT2D eigenvalue weighted by Crippen LogP contribution is -2.26. The molecule has 1 aromatic heterocycles. The molecule has 2 aromatic carbocycles. The van der Waals surface area contributed by atoms with E-state index in [9.17, 15) is 13.2 Å². The zero-order chi connectivity index (χ0) is 20.7. The lowest BCUT2D eigenvalue weighted by Gasteiger charge is -2.13. The summed E-state index contributed by atoms with van der Waals surface area (Å²) in [5, 5.41) is 4.78. The minimum absolute atomic E-state index is 0.0827. The minimum Gasteiger partial charge on any atom is -0.352 e. The fourth-order valence-electron chi connectivity index (χ4n) is 2.92. The number of carbonyl (C=O) groups is 1. The quantitative estimate of drug-likeness (QED) is 0.538. The van der Waals surface area contributed by atoms with Crippen LogP contribution in [0.4, 0.5) is 0 Å². The first kappa shape index (κ1) is 21.2. The summed E-state index contributed by atoms with van der Waals surface area (Å²) in [4.78, 5) is 13.5. The second-order valence-corrected chi connectivity index (χ2v) is 9.59. The van der Waals surface area contributed by atoms with Gasteiger partial charge in [-0.25, -0.2) is 13.1 Å². The number of hydrogen-bond acceptors (Lipinski definition) is 4. The van der Waals surface area contributed by atoms with Crippen molar-refractivity contribution >= 4 is 27.3 Å². The first-order valence-corrected chi connectivity index (χ1v) is 11.8. The normalized spacial score (nSPS) is 12.4. The van der Waals surface area contributed by atoms with Crippen LogP contribution in [0.25, 0.3) is 0 Å². The van der Waals surface area contributed by atoms with Gasteiger partial charge in [0.05, 0.1) is 4.90 Å². The molecule has 0 radical (unpaired) electrons. The maximum absolute atomic E-state index is 12.5. The van der Waals surface area contributed by atoms with E-state index in [1.165, 1.54) is 29.0 Å². The molecule has 0 aliphatic heterocycles. The molecule has 0 aliphatic carbocycles. The topological polar surface area (TPSA) is 75.3 Å². The van der Waals surface area contributed by atoms with Gasteiger partial charge in [0.2, 0.25) is 10.0 Å². The van der Waals surface area contributed by atoms with E-state index in [1.807, 2.05) is 35.7 Å². The molecule has 0 saturated carbocycles. The summed E-state index contributed by atoms with van der Waals surface area (Å²) in [7, 11) is -3.69. The molecule has 152 valence electrons.